The number of benzene rings is 1. The van der Waals surface area contributed by atoms with Gasteiger partial charge in [0.1, 0.15) is 0 Å². The molecule has 2 amide bonds. The zero-order valence-corrected chi connectivity index (χ0v) is 15.5. The Balaban J connectivity index is 2.33. The lowest BCUT2D eigenvalue weighted by molar-refractivity contribution is -0.127. The minimum atomic E-state index is -3.64. The molecule has 0 aromatic heterocycles. The molecule has 0 saturated carbocycles. The largest absolute Gasteiger partial charge is 0.352 e. The summed E-state index contributed by atoms with van der Waals surface area (Å²) < 4.78 is 25.7. The molecular weight excluding hydrogens is 400 g/mol. The first-order valence-corrected chi connectivity index (χ1v) is 9.91. The third-order valence-electron chi connectivity index (χ3n) is 3.57. The molecule has 0 bridgehead atoms. The average Bonchev–Trinajstić information content (AvgIpc) is 2.97. The maximum absolute atomic E-state index is 12.7. The van der Waals surface area contributed by atoms with Gasteiger partial charge in [-0.25, -0.2) is 8.42 Å². The van der Waals surface area contributed by atoms with E-state index >= 15 is 0 Å². The van der Waals surface area contributed by atoms with Crippen molar-refractivity contribution >= 4 is 37.8 Å². The van der Waals surface area contributed by atoms with E-state index in [1.54, 1.807) is 24.3 Å². The lowest BCUT2D eigenvalue weighted by Gasteiger charge is -2.27. The predicted molar refractivity (Wildman–Crippen MR) is 92.6 cm³/mol. The number of rotatable bonds is 5. The number of sulfonamides is 1. The molecule has 1 atom stereocenters. The summed E-state index contributed by atoms with van der Waals surface area (Å²) >= 11 is 3.29. The fraction of sp³-hybridized carbons (Fsp3) is 0.429. The maximum atomic E-state index is 12.7. The Labute approximate surface area is 149 Å². The van der Waals surface area contributed by atoms with Gasteiger partial charge in [0.05, 0.1) is 6.26 Å². The van der Waals surface area contributed by atoms with Gasteiger partial charge in [0.15, 0.2) is 6.17 Å². The second kappa shape index (κ2) is 7.60. The van der Waals surface area contributed by atoms with E-state index in [0.717, 1.165) is 15.0 Å². The second-order valence-corrected chi connectivity index (χ2v) is 8.19. The van der Waals surface area contributed by atoms with Crippen molar-refractivity contribution in [1.82, 2.24) is 14.5 Å². The summed E-state index contributed by atoms with van der Waals surface area (Å²) in [6.07, 6.45) is -0.193. The van der Waals surface area contributed by atoms with Gasteiger partial charge < -0.3 is 16.0 Å². The molecule has 1 aromatic rings. The zero-order chi connectivity index (χ0) is 17.9. The van der Waals surface area contributed by atoms with E-state index in [9.17, 15) is 18.0 Å². The van der Waals surface area contributed by atoms with E-state index in [1.807, 2.05) is 0 Å². The molecule has 8 nitrogen and oxygen atoms in total. The van der Waals surface area contributed by atoms with E-state index in [1.165, 1.54) is 4.90 Å². The number of hydrogen-bond donors (Lipinski definition) is 2. The Morgan fingerprint density at radius 1 is 1.38 bits per heavy atom. The van der Waals surface area contributed by atoms with Crippen LogP contribution in [0.2, 0.25) is 0 Å². The molecular formula is C14H19BrN4O4S. The predicted octanol–water partition coefficient (Wildman–Crippen LogP) is -0.432. The molecule has 1 aliphatic rings. The Kier molecular flexibility index (Phi) is 5.97. The van der Waals surface area contributed by atoms with Crippen LogP contribution in [0.1, 0.15) is 10.4 Å². The van der Waals surface area contributed by atoms with E-state index in [2.05, 4.69) is 21.2 Å². The molecule has 0 radical (unpaired) electrons. The topological polar surface area (TPSA) is 113 Å². The number of amides is 2. The van der Waals surface area contributed by atoms with Gasteiger partial charge in [0.2, 0.25) is 10.0 Å². The molecule has 1 heterocycles. The van der Waals surface area contributed by atoms with Crippen LogP contribution in [0.25, 0.3) is 0 Å². The monoisotopic (exact) mass is 418 g/mol. The van der Waals surface area contributed by atoms with Crippen LogP contribution in [0.3, 0.4) is 0 Å². The number of nitrogens with two attached hydrogens (primary N) is 1. The quantitative estimate of drug-likeness (QED) is 0.673. The molecule has 3 N–H and O–H groups in total. The summed E-state index contributed by atoms with van der Waals surface area (Å²) in [5.41, 5.74) is 5.74. The van der Waals surface area contributed by atoms with Gasteiger partial charge >= 0.3 is 0 Å². The van der Waals surface area contributed by atoms with Gasteiger partial charge in [0.25, 0.3) is 11.8 Å². The summed E-state index contributed by atoms with van der Waals surface area (Å²) in [6.45, 7) is 0.626. The van der Waals surface area contributed by atoms with Crippen molar-refractivity contribution in [2.24, 2.45) is 5.73 Å². The van der Waals surface area contributed by atoms with Crippen molar-refractivity contribution < 1.29 is 18.0 Å². The minimum absolute atomic E-state index is 0.0687. The van der Waals surface area contributed by atoms with Gasteiger partial charge in [0, 0.05) is 36.2 Å². The van der Waals surface area contributed by atoms with Gasteiger partial charge in [-0.1, -0.05) is 22.0 Å². The van der Waals surface area contributed by atoms with Crippen LogP contribution in [0.4, 0.5) is 0 Å². The molecule has 132 valence electrons. The van der Waals surface area contributed by atoms with Gasteiger partial charge in [-0.15, -0.1) is 0 Å². The molecule has 2 rings (SSSR count). The number of carbonyl (C=O) groups excluding carboxylic acids is 2. The van der Waals surface area contributed by atoms with Crippen LogP contribution in [0.15, 0.2) is 28.7 Å². The summed E-state index contributed by atoms with van der Waals surface area (Å²) in [7, 11) is -3.64. The molecule has 0 aliphatic carbocycles. The zero-order valence-electron chi connectivity index (χ0n) is 13.1. The minimum Gasteiger partial charge on any atom is -0.352 e. The van der Waals surface area contributed by atoms with Crippen molar-refractivity contribution in [2.75, 3.05) is 32.4 Å². The van der Waals surface area contributed by atoms with Crippen molar-refractivity contribution in [3.63, 3.8) is 0 Å². The number of nitrogens with one attached hydrogen (secondary N) is 1. The fourth-order valence-corrected chi connectivity index (χ4v) is 3.90. The van der Waals surface area contributed by atoms with Crippen LogP contribution in [-0.4, -0.2) is 68.0 Å². The van der Waals surface area contributed by atoms with Crippen LogP contribution in [0, 0.1) is 0 Å². The second-order valence-electron chi connectivity index (χ2n) is 5.34. The summed E-state index contributed by atoms with van der Waals surface area (Å²) in [5.74, 6) is -0.970. The molecule has 24 heavy (non-hydrogen) atoms. The highest BCUT2D eigenvalue weighted by atomic mass is 79.9. The lowest BCUT2D eigenvalue weighted by atomic mass is 10.2. The molecule has 1 aliphatic heterocycles. The van der Waals surface area contributed by atoms with Crippen molar-refractivity contribution in [3.8, 4) is 0 Å². The van der Waals surface area contributed by atoms with Crippen LogP contribution >= 0.6 is 15.9 Å². The maximum Gasteiger partial charge on any atom is 0.259 e. The van der Waals surface area contributed by atoms with Crippen LogP contribution < -0.4 is 11.1 Å². The lowest BCUT2D eigenvalue weighted by Crippen LogP contribution is -2.54. The van der Waals surface area contributed by atoms with Crippen molar-refractivity contribution in [2.45, 2.75) is 6.17 Å². The van der Waals surface area contributed by atoms with Crippen molar-refractivity contribution in [1.29, 1.82) is 0 Å². The number of carbonyl (C=O) groups is 2. The summed E-state index contributed by atoms with van der Waals surface area (Å²) in [6, 6.07) is 6.71. The average molecular weight is 419 g/mol. The highest BCUT2D eigenvalue weighted by molar-refractivity contribution is 9.10. The van der Waals surface area contributed by atoms with Crippen molar-refractivity contribution in [3.05, 3.63) is 34.3 Å². The highest BCUT2D eigenvalue weighted by Crippen LogP contribution is 2.22. The molecule has 10 heteroatoms. The Morgan fingerprint density at radius 3 is 2.67 bits per heavy atom. The first-order chi connectivity index (χ1) is 11.3. The van der Waals surface area contributed by atoms with Gasteiger partial charge in [-0.3, -0.25) is 9.59 Å². The highest BCUT2D eigenvalue weighted by Gasteiger charge is 2.44. The summed E-state index contributed by atoms with van der Waals surface area (Å²) in [4.78, 5) is 26.4. The molecule has 1 saturated heterocycles. The van der Waals surface area contributed by atoms with E-state index in [-0.39, 0.29) is 26.2 Å². The van der Waals surface area contributed by atoms with E-state index < -0.39 is 28.0 Å². The first-order valence-electron chi connectivity index (χ1n) is 7.27. The molecule has 0 spiro atoms. The molecule has 1 unspecified atom stereocenters. The fourth-order valence-electron chi connectivity index (χ4n) is 2.51. The van der Waals surface area contributed by atoms with Gasteiger partial charge in [-0.2, -0.15) is 4.31 Å². The number of halogens is 1. The Bertz CT molecular complexity index is 740. The standard InChI is InChI=1S/C14H19BrN4O4S/c1-24(22,23)19-8-7-18(13(19)12(20)17-6-5-16)14(21)10-3-2-4-11(15)9-10/h2-4,9,13H,5-8,16H2,1H3,(H,17,20). The first kappa shape index (κ1) is 18.8. The van der Waals surface area contributed by atoms with Crippen LogP contribution in [0.5, 0.6) is 0 Å². The van der Waals surface area contributed by atoms with Gasteiger partial charge in [-0.05, 0) is 18.2 Å². The smallest absolute Gasteiger partial charge is 0.259 e. The van der Waals surface area contributed by atoms with E-state index in [4.69, 9.17) is 5.73 Å². The van der Waals surface area contributed by atoms with Crippen LogP contribution in [-0.2, 0) is 14.8 Å². The molecule has 1 aromatic carbocycles. The summed E-state index contributed by atoms with van der Waals surface area (Å²) in [5, 5.41) is 2.55. The van der Waals surface area contributed by atoms with E-state index in [0.29, 0.717) is 5.56 Å². The Hall–Kier alpha value is -1.49. The third-order valence-corrected chi connectivity index (χ3v) is 5.29. The Morgan fingerprint density at radius 2 is 2.08 bits per heavy atom. The SMILES string of the molecule is CS(=O)(=O)N1CCN(C(=O)c2cccc(Br)c2)C1C(=O)NCCN. The third kappa shape index (κ3) is 4.12. The number of nitrogens with zero attached hydrogens (tertiary/aromatic N) is 2. The normalized spacial score (nSPS) is 18.6. The molecule has 1 fully saturated rings. The number of hydrogen-bond acceptors (Lipinski definition) is 5.